The van der Waals surface area contributed by atoms with Crippen LogP contribution in [-0.4, -0.2) is 58.7 Å². The second-order valence-electron chi connectivity index (χ2n) is 7.91. The number of rotatable bonds is 12. The Kier molecular flexibility index (Phi) is 9.39. The van der Waals surface area contributed by atoms with Crippen molar-refractivity contribution in [2.45, 2.75) is 52.0 Å². The average Bonchev–Trinajstić information content (AvgIpc) is 3.46. The fraction of sp³-hybridized carbons (Fsp3) is 0.667. The van der Waals surface area contributed by atoms with Crippen LogP contribution in [0.25, 0.3) is 0 Å². The van der Waals surface area contributed by atoms with Crippen LogP contribution in [0, 0.1) is 5.92 Å². The molecule has 0 aliphatic heterocycles. The molecule has 0 radical (unpaired) electrons. The largest absolute Gasteiger partial charge is 0.379 e. The summed E-state index contributed by atoms with van der Waals surface area (Å²) in [6.07, 6.45) is 2.59. The predicted octanol–water partition coefficient (Wildman–Crippen LogP) is 2.34. The first kappa shape index (κ1) is 23.6. The van der Waals surface area contributed by atoms with Gasteiger partial charge >= 0.3 is 0 Å². The first-order chi connectivity index (χ1) is 13.8. The first-order valence-corrected chi connectivity index (χ1v) is 12.1. The van der Waals surface area contributed by atoms with Crippen LogP contribution in [0.5, 0.6) is 0 Å². The summed E-state index contributed by atoms with van der Waals surface area (Å²) in [5.74, 6) is 1.51. The summed E-state index contributed by atoms with van der Waals surface area (Å²) < 4.78 is 33.0. The number of nitrogens with zero attached hydrogens (tertiary/aromatic N) is 2. The summed E-state index contributed by atoms with van der Waals surface area (Å²) in [7, 11) is -1.39. The van der Waals surface area contributed by atoms with Crippen molar-refractivity contribution in [1.29, 1.82) is 0 Å². The van der Waals surface area contributed by atoms with Crippen LogP contribution in [0.4, 0.5) is 0 Å². The lowest BCUT2D eigenvalue weighted by Crippen LogP contribution is -2.40. The minimum Gasteiger partial charge on any atom is -0.379 e. The molecule has 1 aliphatic carbocycles. The van der Waals surface area contributed by atoms with E-state index in [0.717, 1.165) is 42.7 Å². The molecule has 0 spiro atoms. The molecular formula is C21H36N4O3S. The van der Waals surface area contributed by atoms with Gasteiger partial charge < -0.3 is 15.0 Å². The molecule has 0 atom stereocenters. The van der Waals surface area contributed by atoms with E-state index in [9.17, 15) is 8.42 Å². The zero-order valence-corrected chi connectivity index (χ0v) is 19.0. The van der Waals surface area contributed by atoms with Crippen molar-refractivity contribution in [2.75, 3.05) is 33.4 Å². The summed E-state index contributed by atoms with van der Waals surface area (Å²) >= 11 is 0. The van der Waals surface area contributed by atoms with Crippen LogP contribution >= 0.6 is 0 Å². The van der Waals surface area contributed by atoms with Gasteiger partial charge in [-0.05, 0) is 50.7 Å². The van der Waals surface area contributed by atoms with Crippen molar-refractivity contribution < 1.29 is 13.2 Å². The lowest BCUT2D eigenvalue weighted by molar-refractivity contribution is 0.115. The summed E-state index contributed by atoms with van der Waals surface area (Å²) in [5.41, 5.74) is 1.69. The van der Waals surface area contributed by atoms with Gasteiger partial charge in [-0.25, -0.2) is 18.1 Å². The summed E-state index contributed by atoms with van der Waals surface area (Å²) in [5, 5.41) is 3.30. The van der Waals surface area contributed by atoms with Gasteiger partial charge in [0.15, 0.2) is 5.96 Å². The van der Waals surface area contributed by atoms with E-state index in [1.807, 2.05) is 52.1 Å². The van der Waals surface area contributed by atoms with Crippen LogP contribution in [0.2, 0.25) is 0 Å². The molecule has 0 heterocycles. The molecule has 0 amide bonds. The highest BCUT2D eigenvalue weighted by atomic mass is 32.2. The van der Waals surface area contributed by atoms with Gasteiger partial charge in [-0.15, -0.1) is 0 Å². The minimum atomic E-state index is -3.38. The number of nitrogens with one attached hydrogen (secondary N) is 2. The van der Waals surface area contributed by atoms with Crippen molar-refractivity contribution in [3.63, 3.8) is 0 Å². The molecule has 0 saturated heterocycles. The average molecular weight is 425 g/mol. The Morgan fingerprint density at radius 3 is 2.59 bits per heavy atom. The van der Waals surface area contributed by atoms with E-state index in [1.54, 1.807) is 0 Å². The molecule has 1 aromatic rings. The van der Waals surface area contributed by atoms with Gasteiger partial charge in [0, 0.05) is 32.8 Å². The van der Waals surface area contributed by atoms with Gasteiger partial charge in [-0.1, -0.05) is 24.3 Å². The van der Waals surface area contributed by atoms with Crippen molar-refractivity contribution >= 4 is 16.0 Å². The van der Waals surface area contributed by atoms with Crippen LogP contribution in [-0.2, 0) is 27.1 Å². The van der Waals surface area contributed by atoms with Gasteiger partial charge in [0.2, 0.25) is 10.0 Å². The number of likely N-dealkylation sites (N-methyl/N-ethyl adjacent to an activating group) is 1. The fourth-order valence-corrected chi connectivity index (χ4v) is 4.42. The number of aliphatic imine (C=N–C) groups is 1. The molecule has 0 bridgehead atoms. The minimum absolute atomic E-state index is 0.0434. The molecule has 1 aliphatic rings. The molecule has 29 heavy (non-hydrogen) atoms. The van der Waals surface area contributed by atoms with E-state index in [1.165, 1.54) is 12.8 Å². The Morgan fingerprint density at radius 1 is 1.28 bits per heavy atom. The maximum atomic E-state index is 12.3. The van der Waals surface area contributed by atoms with Gasteiger partial charge in [-0.2, -0.15) is 0 Å². The van der Waals surface area contributed by atoms with Crippen molar-refractivity contribution in [3.05, 3.63) is 35.4 Å². The molecule has 1 saturated carbocycles. The Labute approximate surface area is 176 Å². The van der Waals surface area contributed by atoms with E-state index < -0.39 is 10.0 Å². The van der Waals surface area contributed by atoms with Crippen LogP contribution in [0.15, 0.2) is 29.3 Å². The van der Waals surface area contributed by atoms with Crippen molar-refractivity contribution in [1.82, 2.24) is 14.9 Å². The summed E-state index contributed by atoms with van der Waals surface area (Å²) in [4.78, 5) is 6.77. The SMILES string of the molecule is CCNC(=NCc1ccccc1CS(=O)(=O)NC(C)C)N(C)CCOCC1CC1. The van der Waals surface area contributed by atoms with Gasteiger partial charge in [0.25, 0.3) is 0 Å². The molecule has 2 rings (SSSR count). The zero-order valence-electron chi connectivity index (χ0n) is 18.1. The normalized spacial score (nSPS) is 15.0. The molecule has 1 aromatic carbocycles. The molecule has 0 aromatic heterocycles. The summed E-state index contributed by atoms with van der Waals surface area (Å²) in [6.45, 7) is 9.14. The van der Waals surface area contributed by atoms with E-state index in [0.29, 0.717) is 13.2 Å². The summed E-state index contributed by atoms with van der Waals surface area (Å²) in [6, 6.07) is 7.45. The molecule has 8 heteroatoms. The van der Waals surface area contributed by atoms with Crippen molar-refractivity contribution in [3.8, 4) is 0 Å². The smallest absolute Gasteiger partial charge is 0.216 e. The molecule has 2 N–H and O–H groups in total. The van der Waals surface area contributed by atoms with E-state index in [-0.39, 0.29) is 11.8 Å². The van der Waals surface area contributed by atoms with Crippen LogP contribution in [0.1, 0.15) is 44.7 Å². The highest BCUT2D eigenvalue weighted by molar-refractivity contribution is 7.88. The Bertz CT molecular complexity index is 761. The molecule has 7 nitrogen and oxygen atoms in total. The van der Waals surface area contributed by atoms with E-state index >= 15 is 0 Å². The first-order valence-electron chi connectivity index (χ1n) is 10.4. The van der Waals surface area contributed by atoms with E-state index in [2.05, 4.69) is 14.9 Å². The van der Waals surface area contributed by atoms with Crippen LogP contribution in [0.3, 0.4) is 0 Å². The second kappa shape index (κ2) is 11.5. The van der Waals surface area contributed by atoms with Crippen molar-refractivity contribution in [2.24, 2.45) is 10.9 Å². The topological polar surface area (TPSA) is 83.0 Å². The predicted molar refractivity (Wildman–Crippen MR) is 118 cm³/mol. The number of hydrogen-bond acceptors (Lipinski definition) is 4. The Hall–Kier alpha value is -1.64. The molecule has 164 valence electrons. The lowest BCUT2D eigenvalue weighted by atomic mass is 10.1. The standard InChI is InChI=1S/C21H36N4O3S/c1-5-22-21(25(4)12-13-28-15-18-10-11-18)23-14-19-8-6-7-9-20(19)16-29(26,27)24-17(2)3/h6-9,17-18,24H,5,10-16H2,1-4H3,(H,22,23). The number of guanidine groups is 1. The Balaban J connectivity index is 2.00. The third-order valence-electron chi connectivity index (χ3n) is 4.60. The molecule has 1 fully saturated rings. The highest BCUT2D eigenvalue weighted by Crippen LogP contribution is 2.28. The maximum Gasteiger partial charge on any atom is 0.216 e. The van der Waals surface area contributed by atoms with Gasteiger partial charge in [0.1, 0.15) is 0 Å². The third kappa shape index (κ3) is 9.14. The lowest BCUT2D eigenvalue weighted by Gasteiger charge is -2.22. The molecular weight excluding hydrogens is 388 g/mol. The second-order valence-corrected chi connectivity index (χ2v) is 9.66. The highest BCUT2D eigenvalue weighted by Gasteiger charge is 2.21. The number of hydrogen-bond donors (Lipinski definition) is 2. The maximum absolute atomic E-state index is 12.3. The van der Waals surface area contributed by atoms with Gasteiger partial charge in [-0.3, -0.25) is 0 Å². The number of sulfonamides is 1. The van der Waals surface area contributed by atoms with E-state index in [4.69, 9.17) is 9.73 Å². The fourth-order valence-electron chi connectivity index (χ4n) is 2.93. The number of ether oxygens (including phenoxy) is 1. The van der Waals surface area contributed by atoms with Gasteiger partial charge in [0.05, 0.1) is 18.9 Å². The quantitative estimate of drug-likeness (QED) is 0.306. The third-order valence-corrected chi connectivity index (χ3v) is 6.12. The van der Waals surface area contributed by atoms with Crippen LogP contribution < -0.4 is 10.0 Å². The Morgan fingerprint density at radius 2 is 1.97 bits per heavy atom. The number of benzene rings is 1. The monoisotopic (exact) mass is 424 g/mol. The zero-order chi connectivity index (χ0) is 21.3. The molecule has 0 unspecified atom stereocenters.